The molecule has 2 rings (SSSR count). The molecule has 1 aliphatic carbocycles. The molecule has 1 fully saturated rings. The largest absolute Gasteiger partial charge is 0.417 e. The van der Waals surface area contributed by atoms with Crippen molar-refractivity contribution in [3.05, 3.63) is 23.9 Å². The lowest BCUT2D eigenvalue weighted by molar-refractivity contribution is -0.182. The van der Waals surface area contributed by atoms with Crippen molar-refractivity contribution in [3.8, 4) is 5.88 Å². The zero-order valence-corrected chi connectivity index (χ0v) is 13.2. The molecule has 10 heteroatoms. The zero-order chi connectivity index (χ0) is 18.4. The summed E-state index contributed by atoms with van der Waals surface area (Å²) in [6.45, 7) is -2.95. The molecule has 5 nitrogen and oxygen atoms in total. The van der Waals surface area contributed by atoms with Gasteiger partial charge in [0.2, 0.25) is 5.88 Å². The molecule has 1 saturated carbocycles. The Morgan fingerprint density at radius 1 is 1.28 bits per heavy atom. The van der Waals surface area contributed by atoms with Gasteiger partial charge in [0.05, 0.1) is 5.92 Å². The van der Waals surface area contributed by atoms with Gasteiger partial charge in [-0.25, -0.2) is 9.78 Å². The molecule has 0 aromatic carbocycles. The fraction of sp³-hybridized carbons (Fsp3) is 0.600. The second-order valence-electron chi connectivity index (χ2n) is 5.80. The number of nitrogens with one attached hydrogen (secondary N) is 2. The van der Waals surface area contributed by atoms with Gasteiger partial charge in [-0.3, -0.25) is 0 Å². The van der Waals surface area contributed by atoms with Crippen molar-refractivity contribution < 1.29 is 31.5 Å². The van der Waals surface area contributed by atoms with Crippen molar-refractivity contribution in [1.29, 1.82) is 0 Å². The number of alkyl halides is 5. The van der Waals surface area contributed by atoms with E-state index in [0.29, 0.717) is 5.56 Å². The molecule has 1 aromatic heterocycles. The van der Waals surface area contributed by atoms with Crippen LogP contribution in [0.1, 0.15) is 31.2 Å². The van der Waals surface area contributed by atoms with E-state index in [2.05, 4.69) is 20.4 Å². The van der Waals surface area contributed by atoms with Crippen LogP contribution in [0.25, 0.3) is 0 Å². The second kappa shape index (κ2) is 8.30. The second-order valence-corrected chi connectivity index (χ2v) is 5.80. The third kappa shape index (κ3) is 6.35. The Morgan fingerprint density at radius 2 is 1.96 bits per heavy atom. The Balaban J connectivity index is 1.74. The molecule has 1 aromatic rings. The van der Waals surface area contributed by atoms with Crippen LogP contribution in [-0.2, 0) is 6.54 Å². The Morgan fingerprint density at radius 3 is 2.56 bits per heavy atom. The summed E-state index contributed by atoms with van der Waals surface area (Å²) in [6.07, 6.45) is -2.41. The van der Waals surface area contributed by atoms with Crippen LogP contribution in [0.5, 0.6) is 5.88 Å². The number of hydrogen-bond donors (Lipinski definition) is 2. The molecule has 0 bridgehead atoms. The van der Waals surface area contributed by atoms with Gasteiger partial charge >= 0.3 is 18.8 Å². The molecule has 1 aliphatic rings. The first-order valence-corrected chi connectivity index (χ1v) is 7.75. The summed E-state index contributed by atoms with van der Waals surface area (Å²) in [5, 5.41) is 5.15. The van der Waals surface area contributed by atoms with E-state index in [0.717, 1.165) is 0 Å². The van der Waals surface area contributed by atoms with Gasteiger partial charge in [0.25, 0.3) is 0 Å². The van der Waals surface area contributed by atoms with Crippen LogP contribution in [0.3, 0.4) is 0 Å². The summed E-state index contributed by atoms with van der Waals surface area (Å²) < 4.78 is 66.2. The van der Waals surface area contributed by atoms with Gasteiger partial charge < -0.3 is 15.4 Å². The first kappa shape index (κ1) is 19.2. The fourth-order valence-corrected chi connectivity index (χ4v) is 2.70. The smallest absolute Gasteiger partial charge is 0.391 e. The number of amides is 2. The lowest BCUT2D eigenvalue weighted by Gasteiger charge is -2.30. The summed E-state index contributed by atoms with van der Waals surface area (Å²) in [7, 11) is 0. The van der Waals surface area contributed by atoms with Crippen LogP contribution in [0, 0.1) is 5.92 Å². The van der Waals surface area contributed by atoms with E-state index < -0.39 is 24.7 Å². The first-order valence-electron chi connectivity index (χ1n) is 7.75. The average Bonchev–Trinajstić information content (AvgIpc) is 2.52. The first-order chi connectivity index (χ1) is 11.7. The zero-order valence-electron chi connectivity index (χ0n) is 13.2. The molecule has 2 N–H and O–H groups in total. The Hall–Kier alpha value is -2.13. The SMILES string of the molecule is O=C(NCc1ccnc(OC(F)F)c1)N[C@H]1CC[C@@H](C(F)(F)F)CC1. The van der Waals surface area contributed by atoms with Gasteiger partial charge in [0.15, 0.2) is 0 Å². The maximum Gasteiger partial charge on any atom is 0.391 e. The Kier molecular flexibility index (Phi) is 6.38. The van der Waals surface area contributed by atoms with Crippen molar-refractivity contribution in [2.24, 2.45) is 5.92 Å². The highest BCUT2D eigenvalue weighted by atomic mass is 19.4. The highest BCUT2D eigenvalue weighted by Crippen LogP contribution is 2.37. The highest BCUT2D eigenvalue weighted by molar-refractivity contribution is 5.74. The molecule has 0 radical (unpaired) electrons. The third-order valence-electron chi connectivity index (χ3n) is 3.99. The summed E-state index contributed by atoms with van der Waals surface area (Å²) in [5.41, 5.74) is 0.501. The minimum Gasteiger partial charge on any atom is -0.417 e. The van der Waals surface area contributed by atoms with E-state index in [1.165, 1.54) is 18.3 Å². The van der Waals surface area contributed by atoms with Crippen LogP contribution in [0.15, 0.2) is 18.3 Å². The third-order valence-corrected chi connectivity index (χ3v) is 3.99. The van der Waals surface area contributed by atoms with Crippen LogP contribution >= 0.6 is 0 Å². The Labute approximate surface area is 140 Å². The normalized spacial score (nSPS) is 21.0. The number of aromatic nitrogens is 1. The predicted octanol–water partition coefficient (Wildman–Crippen LogP) is 3.60. The maximum absolute atomic E-state index is 12.6. The minimum absolute atomic E-state index is 0.00682. The van der Waals surface area contributed by atoms with Crippen molar-refractivity contribution in [2.75, 3.05) is 0 Å². The molecule has 1 heterocycles. The van der Waals surface area contributed by atoms with Crippen LogP contribution < -0.4 is 15.4 Å². The molecule has 2 amide bonds. The van der Waals surface area contributed by atoms with E-state index >= 15 is 0 Å². The van der Waals surface area contributed by atoms with Crippen LogP contribution in [0.2, 0.25) is 0 Å². The van der Waals surface area contributed by atoms with Crippen LogP contribution in [0.4, 0.5) is 26.7 Å². The number of hydrogen-bond acceptors (Lipinski definition) is 3. The summed E-state index contributed by atoms with van der Waals surface area (Å²) in [5.74, 6) is -1.57. The molecule has 0 spiro atoms. The number of nitrogens with zero attached hydrogens (tertiary/aromatic N) is 1. The van der Waals surface area contributed by atoms with Gasteiger partial charge in [-0.05, 0) is 37.3 Å². The van der Waals surface area contributed by atoms with E-state index in [9.17, 15) is 26.7 Å². The standard InChI is InChI=1S/C15H18F5N3O2/c16-13(17)25-12-7-9(5-6-21-12)8-22-14(24)23-11-3-1-10(2-4-11)15(18,19)20/h5-7,10-11,13H,1-4,8H2,(H2,22,23,24)/t10-,11+. The van der Waals surface area contributed by atoms with Crippen molar-refractivity contribution in [1.82, 2.24) is 15.6 Å². The predicted molar refractivity (Wildman–Crippen MR) is 78.0 cm³/mol. The molecule has 140 valence electrons. The van der Waals surface area contributed by atoms with Crippen molar-refractivity contribution >= 4 is 6.03 Å². The van der Waals surface area contributed by atoms with Gasteiger partial charge in [-0.2, -0.15) is 22.0 Å². The lowest BCUT2D eigenvalue weighted by atomic mass is 9.86. The summed E-state index contributed by atoms with van der Waals surface area (Å²) in [4.78, 5) is 15.4. The number of ether oxygens (including phenoxy) is 1. The number of rotatable bonds is 5. The van der Waals surface area contributed by atoms with Gasteiger partial charge in [-0.15, -0.1) is 0 Å². The van der Waals surface area contributed by atoms with Crippen molar-refractivity contribution in [2.45, 2.75) is 51.1 Å². The number of pyridine rings is 1. The number of urea groups is 1. The van der Waals surface area contributed by atoms with Crippen molar-refractivity contribution in [3.63, 3.8) is 0 Å². The Bertz CT molecular complexity index is 575. The molecular formula is C15H18F5N3O2. The lowest BCUT2D eigenvalue weighted by Crippen LogP contribution is -2.44. The maximum atomic E-state index is 12.6. The number of carbonyl (C=O) groups excluding carboxylic acids is 1. The highest BCUT2D eigenvalue weighted by Gasteiger charge is 2.41. The fourth-order valence-electron chi connectivity index (χ4n) is 2.70. The monoisotopic (exact) mass is 367 g/mol. The van der Waals surface area contributed by atoms with Gasteiger partial charge in [-0.1, -0.05) is 0 Å². The molecule has 0 atom stereocenters. The van der Waals surface area contributed by atoms with E-state index in [4.69, 9.17) is 0 Å². The quantitative estimate of drug-likeness (QED) is 0.782. The van der Waals surface area contributed by atoms with E-state index in [1.807, 2.05) is 0 Å². The minimum atomic E-state index is -4.19. The number of halogens is 5. The molecule has 0 unspecified atom stereocenters. The van der Waals surface area contributed by atoms with Gasteiger partial charge in [0.1, 0.15) is 0 Å². The average molecular weight is 367 g/mol. The van der Waals surface area contributed by atoms with E-state index in [1.54, 1.807) is 0 Å². The number of carbonyl (C=O) groups is 1. The van der Waals surface area contributed by atoms with Gasteiger partial charge in [0, 0.05) is 24.8 Å². The van der Waals surface area contributed by atoms with Crippen LogP contribution in [-0.4, -0.2) is 29.8 Å². The summed E-state index contributed by atoms with van der Waals surface area (Å²) >= 11 is 0. The molecular weight excluding hydrogens is 349 g/mol. The van der Waals surface area contributed by atoms with E-state index in [-0.39, 0.29) is 44.1 Å². The summed E-state index contributed by atoms with van der Waals surface area (Å²) in [6, 6.07) is 1.95. The topological polar surface area (TPSA) is 63.2 Å². The molecule has 0 saturated heterocycles. The molecule has 25 heavy (non-hydrogen) atoms. The molecule has 0 aliphatic heterocycles.